The van der Waals surface area contributed by atoms with Gasteiger partial charge in [0.25, 0.3) is 0 Å². The van der Waals surface area contributed by atoms with Crippen molar-refractivity contribution in [2.24, 2.45) is 23.0 Å². The maximum Gasteiger partial charge on any atom is 0.303 e. The smallest absolute Gasteiger partial charge is 0.303 e. The summed E-state index contributed by atoms with van der Waals surface area (Å²) in [6, 6.07) is 0. The Balaban J connectivity index is 2.72. The van der Waals surface area contributed by atoms with Gasteiger partial charge in [-0.1, -0.05) is 13.8 Å². The summed E-state index contributed by atoms with van der Waals surface area (Å²) in [5.74, 6) is 0.553. The molecule has 0 saturated heterocycles. The van der Waals surface area contributed by atoms with E-state index in [4.69, 9.17) is 10.8 Å². The minimum atomic E-state index is -0.726. The van der Waals surface area contributed by atoms with Crippen molar-refractivity contribution in [1.82, 2.24) is 0 Å². The Labute approximate surface area is 92.0 Å². The minimum absolute atomic E-state index is 0.187. The third kappa shape index (κ3) is 2.33. The monoisotopic (exact) mass is 213 g/mol. The Morgan fingerprint density at radius 1 is 1.53 bits per heavy atom. The van der Waals surface area contributed by atoms with E-state index in [1.807, 2.05) is 13.8 Å². The highest BCUT2D eigenvalue weighted by Gasteiger charge is 2.53. The van der Waals surface area contributed by atoms with Crippen molar-refractivity contribution in [2.45, 2.75) is 52.5 Å². The first-order valence-corrected chi connectivity index (χ1v) is 5.69. The van der Waals surface area contributed by atoms with Crippen molar-refractivity contribution in [3.05, 3.63) is 0 Å². The molecule has 0 aromatic carbocycles. The lowest BCUT2D eigenvalue weighted by molar-refractivity contribution is -0.146. The molecular formula is C12H23NO2. The molecule has 0 aliphatic heterocycles. The first-order chi connectivity index (χ1) is 6.68. The third-order valence-electron chi connectivity index (χ3n) is 4.11. The quantitative estimate of drug-likeness (QED) is 0.753. The second-order valence-corrected chi connectivity index (χ2v) is 5.98. The zero-order valence-electron chi connectivity index (χ0n) is 10.2. The molecule has 15 heavy (non-hydrogen) atoms. The molecule has 0 heterocycles. The number of nitrogens with two attached hydrogens (primary N) is 1. The highest BCUT2D eigenvalue weighted by atomic mass is 16.4. The van der Waals surface area contributed by atoms with Crippen LogP contribution in [0.4, 0.5) is 0 Å². The van der Waals surface area contributed by atoms with Crippen LogP contribution >= 0.6 is 0 Å². The third-order valence-corrected chi connectivity index (χ3v) is 4.11. The first-order valence-electron chi connectivity index (χ1n) is 5.69. The molecule has 0 spiro atoms. The van der Waals surface area contributed by atoms with E-state index < -0.39 is 11.5 Å². The Kier molecular flexibility index (Phi) is 3.15. The van der Waals surface area contributed by atoms with E-state index in [0.29, 0.717) is 11.8 Å². The van der Waals surface area contributed by atoms with Gasteiger partial charge in [0.15, 0.2) is 0 Å². The predicted octanol–water partition coefficient (Wildman–Crippen LogP) is 2.25. The SMILES string of the molecule is CC(C)C1CC(CC(=O)O)(C(C)(C)N)C1. The summed E-state index contributed by atoms with van der Waals surface area (Å²) in [5.41, 5.74) is 5.54. The van der Waals surface area contributed by atoms with Gasteiger partial charge in [-0.3, -0.25) is 4.79 Å². The van der Waals surface area contributed by atoms with Gasteiger partial charge in [-0.2, -0.15) is 0 Å². The van der Waals surface area contributed by atoms with Gasteiger partial charge in [0, 0.05) is 5.54 Å². The Bertz CT molecular complexity index is 247. The van der Waals surface area contributed by atoms with E-state index in [-0.39, 0.29) is 11.8 Å². The number of aliphatic carboxylic acids is 1. The average molecular weight is 213 g/mol. The Morgan fingerprint density at radius 3 is 2.27 bits per heavy atom. The van der Waals surface area contributed by atoms with Crippen molar-refractivity contribution in [3.8, 4) is 0 Å². The van der Waals surface area contributed by atoms with Gasteiger partial charge in [0.1, 0.15) is 0 Å². The summed E-state index contributed by atoms with van der Waals surface area (Å²) in [5, 5.41) is 8.95. The summed E-state index contributed by atoms with van der Waals surface area (Å²) < 4.78 is 0. The topological polar surface area (TPSA) is 63.3 Å². The molecule has 1 aliphatic carbocycles. The molecule has 1 rings (SSSR count). The number of carboxylic acid groups (broad SMARTS) is 1. The van der Waals surface area contributed by atoms with E-state index >= 15 is 0 Å². The number of hydrogen-bond acceptors (Lipinski definition) is 2. The molecule has 88 valence electrons. The predicted molar refractivity (Wildman–Crippen MR) is 60.5 cm³/mol. The van der Waals surface area contributed by atoms with Crippen LogP contribution in [0.25, 0.3) is 0 Å². The molecule has 0 amide bonds. The maximum atomic E-state index is 10.9. The molecule has 1 fully saturated rings. The zero-order valence-corrected chi connectivity index (χ0v) is 10.2. The molecule has 3 heteroatoms. The van der Waals surface area contributed by atoms with Crippen LogP contribution < -0.4 is 5.73 Å². The normalized spacial score (nSPS) is 31.5. The van der Waals surface area contributed by atoms with E-state index in [2.05, 4.69) is 13.8 Å². The lowest BCUT2D eigenvalue weighted by Gasteiger charge is -2.56. The average Bonchev–Trinajstić information content (AvgIpc) is 1.91. The van der Waals surface area contributed by atoms with Crippen molar-refractivity contribution in [1.29, 1.82) is 0 Å². The van der Waals surface area contributed by atoms with Gasteiger partial charge in [-0.05, 0) is 43.9 Å². The zero-order chi connectivity index (χ0) is 11.9. The molecule has 0 unspecified atom stereocenters. The fourth-order valence-corrected chi connectivity index (χ4v) is 2.60. The lowest BCUT2D eigenvalue weighted by atomic mass is 9.50. The van der Waals surface area contributed by atoms with Crippen LogP contribution in [0.2, 0.25) is 0 Å². The van der Waals surface area contributed by atoms with Gasteiger partial charge < -0.3 is 10.8 Å². The van der Waals surface area contributed by atoms with E-state index in [1.54, 1.807) is 0 Å². The largest absolute Gasteiger partial charge is 0.481 e. The van der Waals surface area contributed by atoms with Gasteiger partial charge in [0.05, 0.1) is 6.42 Å². The Morgan fingerprint density at radius 2 is 2.00 bits per heavy atom. The van der Waals surface area contributed by atoms with Crippen molar-refractivity contribution in [2.75, 3.05) is 0 Å². The fourth-order valence-electron chi connectivity index (χ4n) is 2.60. The molecule has 3 nitrogen and oxygen atoms in total. The summed E-state index contributed by atoms with van der Waals surface area (Å²) in [6.45, 7) is 8.29. The summed E-state index contributed by atoms with van der Waals surface area (Å²) in [4.78, 5) is 10.9. The first kappa shape index (κ1) is 12.5. The molecule has 1 saturated carbocycles. The molecule has 1 aliphatic rings. The van der Waals surface area contributed by atoms with E-state index in [1.165, 1.54) is 0 Å². The molecule has 3 N–H and O–H groups in total. The summed E-state index contributed by atoms with van der Waals surface area (Å²) in [6.07, 6.45) is 2.13. The highest BCUT2D eigenvalue weighted by molar-refractivity contribution is 5.68. The van der Waals surface area contributed by atoms with Crippen LogP contribution in [-0.4, -0.2) is 16.6 Å². The van der Waals surface area contributed by atoms with Crippen LogP contribution in [0.3, 0.4) is 0 Å². The molecular weight excluding hydrogens is 190 g/mol. The molecule has 0 atom stereocenters. The van der Waals surface area contributed by atoms with Gasteiger partial charge in [-0.15, -0.1) is 0 Å². The summed E-state index contributed by atoms with van der Waals surface area (Å²) in [7, 11) is 0. The van der Waals surface area contributed by atoms with Crippen LogP contribution in [0, 0.1) is 17.3 Å². The van der Waals surface area contributed by atoms with Crippen molar-refractivity contribution < 1.29 is 9.90 Å². The van der Waals surface area contributed by atoms with Gasteiger partial charge in [0.2, 0.25) is 0 Å². The fraction of sp³-hybridized carbons (Fsp3) is 0.917. The number of carboxylic acids is 1. The number of carbonyl (C=O) groups is 1. The van der Waals surface area contributed by atoms with E-state index in [0.717, 1.165) is 12.8 Å². The van der Waals surface area contributed by atoms with Gasteiger partial charge in [-0.25, -0.2) is 0 Å². The minimum Gasteiger partial charge on any atom is -0.481 e. The van der Waals surface area contributed by atoms with Crippen LogP contribution in [0.15, 0.2) is 0 Å². The number of rotatable bonds is 4. The van der Waals surface area contributed by atoms with E-state index in [9.17, 15) is 4.79 Å². The second-order valence-electron chi connectivity index (χ2n) is 5.98. The second kappa shape index (κ2) is 3.78. The summed E-state index contributed by atoms with van der Waals surface area (Å²) >= 11 is 0. The lowest BCUT2D eigenvalue weighted by Crippen LogP contribution is -2.59. The van der Waals surface area contributed by atoms with Crippen molar-refractivity contribution >= 4 is 5.97 Å². The van der Waals surface area contributed by atoms with Crippen LogP contribution in [0.1, 0.15) is 47.0 Å². The molecule has 0 aromatic rings. The molecule has 0 bridgehead atoms. The van der Waals surface area contributed by atoms with Crippen LogP contribution in [-0.2, 0) is 4.79 Å². The maximum absolute atomic E-state index is 10.9. The standard InChI is InChI=1S/C12H23NO2/c1-8(2)9-5-12(6-9,7-10(14)15)11(3,4)13/h8-9H,5-7,13H2,1-4H3,(H,14,15). The molecule has 0 radical (unpaired) electrons. The molecule has 0 aromatic heterocycles. The Hall–Kier alpha value is -0.570. The number of hydrogen-bond donors (Lipinski definition) is 2. The van der Waals surface area contributed by atoms with Crippen LogP contribution in [0.5, 0.6) is 0 Å². The van der Waals surface area contributed by atoms with Crippen molar-refractivity contribution in [3.63, 3.8) is 0 Å². The van der Waals surface area contributed by atoms with Gasteiger partial charge >= 0.3 is 5.97 Å². The highest BCUT2D eigenvalue weighted by Crippen LogP contribution is 2.56.